The van der Waals surface area contributed by atoms with E-state index in [1.54, 1.807) is 0 Å². The van der Waals surface area contributed by atoms with Gasteiger partial charge in [-0.2, -0.15) is 0 Å². The molecule has 4 heteroatoms. The van der Waals surface area contributed by atoms with Crippen molar-refractivity contribution in [1.82, 2.24) is 0 Å². The Morgan fingerprint density at radius 2 is 0.949 bits per heavy atom. The van der Waals surface area contributed by atoms with E-state index in [0.717, 1.165) is 19.3 Å². The van der Waals surface area contributed by atoms with Crippen molar-refractivity contribution in [1.29, 1.82) is 0 Å². The molecule has 0 aromatic carbocycles. The van der Waals surface area contributed by atoms with Gasteiger partial charge < -0.3 is 9.84 Å². The van der Waals surface area contributed by atoms with E-state index in [4.69, 9.17) is 9.84 Å². The topological polar surface area (TPSA) is 63.6 Å². The molecule has 1 atom stereocenters. The van der Waals surface area contributed by atoms with Crippen LogP contribution in [0.5, 0.6) is 0 Å². The normalized spacial score (nSPS) is 11.9. The molecular weight excluding hydrogens is 484 g/mol. The summed E-state index contributed by atoms with van der Waals surface area (Å²) >= 11 is 0. The minimum Gasteiger partial charge on any atom is -0.481 e. The molecule has 0 aliphatic rings. The summed E-state index contributed by atoms with van der Waals surface area (Å²) in [5, 5.41) is 9.05. The first-order valence-corrected chi connectivity index (χ1v) is 17.1. The highest BCUT2D eigenvalue weighted by atomic mass is 16.5. The van der Waals surface area contributed by atoms with Crippen molar-refractivity contribution >= 4 is 11.9 Å². The van der Waals surface area contributed by atoms with E-state index in [1.807, 2.05) is 13.0 Å². The van der Waals surface area contributed by atoms with Crippen molar-refractivity contribution in [3.63, 3.8) is 0 Å². The van der Waals surface area contributed by atoms with Crippen LogP contribution in [0.25, 0.3) is 0 Å². The first-order chi connectivity index (χ1) is 19.1. The molecule has 0 bridgehead atoms. The number of unbranched alkanes of at least 4 members (excludes halogenated alkanes) is 24. The Morgan fingerprint density at radius 1 is 0.615 bits per heavy atom. The maximum atomic E-state index is 12.0. The van der Waals surface area contributed by atoms with Crippen molar-refractivity contribution in [3.05, 3.63) is 12.7 Å². The number of rotatable bonds is 32. The molecule has 0 aromatic rings. The van der Waals surface area contributed by atoms with Crippen LogP contribution in [0.2, 0.25) is 0 Å². The minimum atomic E-state index is -0.915. The summed E-state index contributed by atoms with van der Waals surface area (Å²) in [6, 6.07) is 0. The largest absolute Gasteiger partial charge is 0.481 e. The highest BCUT2D eigenvalue weighted by molar-refractivity contribution is 5.79. The van der Waals surface area contributed by atoms with E-state index in [1.165, 1.54) is 148 Å². The second kappa shape index (κ2) is 31.2. The van der Waals surface area contributed by atoms with Gasteiger partial charge in [0, 0.05) is 0 Å². The predicted molar refractivity (Wildman–Crippen MR) is 167 cm³/mol. The number of hydrogen-bond acceptors (Lipinski definition) is 3. The van der Waals surface area contributed by atoms with Crippen molar-refractivity contribution in [2.24, 2.45) is 5.92 Å². The van der Waals surface area contributed by atoms with Crippen LogP contribution in [0, 0.1) is 5.92 Å². The summed E-state index contributed by atoms with van der Waals surface area (Å²) < 4.78 is 5.16. The number of esters is 1. The molecule has 0 aliphatic heterocycles. The van der Waals surface area contributed by atoms with Gasteiger partial charge >= 0.3 is 11.9 Å². The summed E-state index contributed by atoms with van der Waals surface area (Å²) in [6.45, 7) is 6.11. The molecule has 0 saturated carbocycles. The molecule has 1 N–H and O–H groups in total. The van der Waals surface area contributed by atoms with E-state index in [2.05, 4.69) is 6.58 Å². The van der Waals surface area contributed by atoms with Gasteiger partial charge in [0.15, 0.2) is 0 Å². The molecule has 39 heavy (non-hydrogen) atoms. The summed E-state index contributed by atoms with van der Waals surface area (Å²) in [6.07, 6.45) is 37.0. The third-order valence-corrected chi connectivity index (χ3v) is 7.91. The van der Waals surface area contributed by atoms with Crippen molar-refractivity contribution in [2.75, 3.05) is 6.61 Å². The van der Waals surface area contributed by atoms with Gasteiger partial charge in [0.25, 0.3) is 0 Å². The summed E-state index contributed by atoms with van der Waals surface area (Å²) in [5.41, 5.74) is 0. The average molecular weight is 551 g/mol. The van der Waals surface area contributed by atoms with Gasteiger partial charge in [-0.15, -0.1) is 6.58 Å². The molecule has 0 amide bonds. The molecule has 0 fully saturated rings. The van der Waals surface area contributed by atoms with Crippen LogP contribution in [0.1, 0.15) is 187 Å². The molecule has 0 radical (unpaired) electrons. The van der Waals surface area contributed by atoms with Gasteiger partial charge in [0.05, 0.1) is 18.9 Å². The Bertz CT molecular complexity index is 545. The van der Waals surface area contributed by atoms with Crippen LogP contribution in [-0.2, 0) is 14.3 Å². The van der Waals surface area contributed by atoms with Crippen molar-refractivity contribution < 1.29 is 19.4 Å². The van der Waals surface area contributed by atoms with Crippen LogP contribution >= 0.6 is 0 Å². The van der Waals surface area contributed by atoms with Crippen LogP contribution in [0.3, 0.4) is 0 Å². The number of carboxylic acids is 1. The van der Waals surface area contributed by atoms with Crippen LogP contribution in [0.4, 0.5) is 0 Å². The molecule has 0 saturated heterocycles. The standard InChI is InChI=1S/C35H66O4/c1-3-5-6-7-8-9-10-11-12-13-14-15-16-17-18-19-20-21-22-23-24-25-26-27-28-29-30-33(32-34(36)37)35(38)39-31-4-2/h3,33H,1,4-32H2,2H3,(H,36,37). The van der Waals surface area contributed by atoms with Gasteiger partial charge in [-0.25, -0.2) is 0 Å². The molecule has 0 spiro atoms. The lowest BCUT2D eigenvalue weighted by Crippen LogP contribution is -2.21. The Hall–Kier alpha value is -1.32. The number of aliphatic carboxylic acids is 1. The molecule has 4 nitrogen and oxygen atoms in total. The number of allylic oxidation sites excluding steroid dienone is 1. The van der Waals surface area contributed by atoms with E-state index < -0.39 is 11.9 Å². The van der Waals surface area contributed by atoms with E-state index in [-0.39, 0.29) is 12.4 Å². The van der Waals surface area contributed by atoms with Gasteiger partial charge in [0.1, 0.15) is 0 Å². The van der Waals surface area contributed by atoms with Crippen LogP contribution in [-0.4, -0.2) is 23.7 Å². The summed E-state index contributed by atoms with van der Waals surface area (Å²) in [4.78, 5) is 23.0. The van der Waals surface area contributed by atoms with Gasteiger partial charge in [-0.3, -0.25) is 9.59 Å². The number of carbonyl (C=O) groups is 2. The predicted octanol–water partition coefficient (Wildman–Crippen LogP) is 11.4. The lowest BCUT2D eigenvalue weighted by Gasteiger charge is -2.13. The lowest BCUT2D eigenvalue weighted by atomic mass is 9.97. The lowest BCUT2D eigenvalue weighted by molar-refractivity contribution is -0.153. The smallest absolute Gasteiger partial charge is 0.309 e. The quantitative estimate of drug-likeness (QED) is 0.0514. The molecule has 0 aromatic heterocycles. The molecule has 0 heterocycles. The zero-order valence-corrected chi connectivity index (χ0v) is 26.0. The second-order valence-corrected chi connectivity index (χ2v) is 11.8. The third-order valence-electron chi connectivity index (χ3n) is 7.91. The average Bonchev–Trinajstić information content (AvgIpc) is 2.92. The highest BCUT2D eigenvalue weighted by Crippen LogP contribution is 2.19. The first kappa shape index (κ1) is 37.7. The number of hydrogen-bond donors (Lipinski definition) is 1. The molecular formula is C35H66O4. The molecule has 230 valence electrons. The molecule has 1 unspecified atom stereocenters. The summed E-state index contributed by atoms with van der Waals surface area (Å²) in [7, 11) is 0. The second-order valence-electron chi connectivity index (χ2n) is 11.8. The van der Waals surface area contributed by atoms with E-state index >= 15 is 0 Å². The Morgan fingerprint density at radius 3 is 1.26 bits per heavy atom. The maximum absolute atomic E-state index is 12.0. The third kappa shape index (κ3) is 29.5. The monoisotopic (exact) mass is 550 g/mol. The molecule has 0 aliphatic carbocycles. The number of carboxylic acid groups (broad SMARTS) is 1. The minimum absolute atomic E-state index is 0.111. The Balaban J connectivity index is 3.30. The fraction of sp³-hybridized carbons (Fsp3) is 0.886. The number of ether oxygens (including phenoxy) is 1. The zero-order chi connectivity index (χ0) is 28.7. The Kier molecular flexibility index (Phi) is 30.2. The zero-order valence-electron chi connectivity index (χ0n) is 26.0. The van der Waals surface area contributed by atoms with Gasteiger partial charge in [0.2, 0.25) is 0 Å². The molecule has 0 rings (SSSR count). The first-order valence-electron chi connectivity index (χ1n) is 17.1. The number of carbonyl (C=O) groups excluding carboxylic acids is 1. The van der Waals surface area contributed by atoms with Crippen LogP contribution in [0.15, 0.2) is 12.7 Å². The van der Waals surface area contributed by atoms with Crippen LogP contribution < -0.4 is 0 Å². The van der Waals surface area contributed by atoms with Crippen molar-refractivity contribution in [3.8, 4) is 0 Å². The van der Waals surface area contributed by atoms with E-state index in [0.29, 0.717) is 13.0 Å². The van der Waals surface area contributed by atoms with Gasteiger partial charge in [-0.1, -0.05) is 161 Å². The van der Waals surface area contributed by atoms with Gasteiger partial charge in [-0.05, 0) is 25.7 Å². The fourth-order valence-corrected chi connectivity index (χ4v) is 5.40. The maximum Gasteiger partial charge on any atom is 0.309 e. The highest BCUT2D eigenvalue weighted by Gasteiger charge is 2.22. The van der Waals surface area contributed by atoms with Crippen molar-refractivity contribution in [2.45, 2.75) is 187 Å². The summed E-state index contributed by atoms with van der Waals surface area (Å²) in [5.74, 6) is -1.74. The fourth-order valence-electron chi connectivity index (χ4n) is 5.40. The SMILES string of the molecule is C=CCCCCCCCCCCCCCCCCCCCCCCCCCCC(CC(=O)O)C(=O)OCCC. The van der Waals surface area contributed by atoms with E-state index in [9.17, 15) is 9.59 Å². The Labute approximate surface area is 243 Å².